The lowest BCUT2D eigenvalue weighted by Crippen LogP contribution is -2.29. The minimum absolute atomic E-state index is 0.0344. The molecule has 4 heteroatoms. The summed E-state index contributed by atoms with van der Waals surface area (Å²) in [5.74, 6) is 5.71. The van der Waals surface area contributed by atoms with Crippen LogP contribution in [0.15, 0.2) is 40.9 Å². The van der Waals surface area contributed by atoms with Crippen molar-refractivity contribution in [1.29, 1.82) is 0 Å². The second kappa shape index (κ2) is 6.72. The Morgan fingerprint density at radius 2 is 1.90 bits per heavy atom. The van der Waals surface area contributed by atoms with Crippen LogP contribution in [0.3, 0.4) is 0 Å². The molecule has 0 aromatic heterocycles. The number of halogens is 2. The first-order chi connectivity index (χ1) is 9.49. The number of nitrogens with two attached hydrogens (primary N) is 1. The molecule has 2 nitrogen and oxygen atoms in total. The van der Waals surface area contributed by atoms with Gasteiger partial charge >= 0.3 is 0 Å². The van der Waals surface area contributed by atoms with E-state index in [9.17, 15) is 0 Å². The highest BCUT2D eigenvalue weighted by atomic mass is 79.9. The van der Waals surface area contributed by atoms with E-state index in [4.69, 9.17) is 17.4 Å². The second-order valence-corrected chi connectivity index (χ2v) is 6.40. The highest BCUT2D eigenvalue weighted by molar-refractivity contribution is 9.10. The third kappa shape index (κ3) is 3.83. The number of nitrogens with one attached hydrogen (secondary N) is 1. The Balaban J connectivity index is 2.26. The van der Waals surface area contributed by atoms with Crippen LogP contribution in [0.1, 0.15) is 28.3 Å². The molecule has 0 amide bonds. The van der Waals surface area contributed by atoms with Crippen molar-refractivity contribution in [2.45, 2.75) is 26.3 Å². The van der Waals surface area contributed by atoms with Gasteiger partial charge in [0.25, 0.3) is 0 Å². The molecule has 0 saturated heterocycles. The van der Waals surface area contributed by atoms with Crippen molar-refractivity contribution < 1.29 is 0 Å². The minimum atomic E-state index is 0.0344. The molecule has 1 unspecified atom stereocenters. The Morgan fingerprint density at radius 1 is 1.15 bits per heavy atom. The molecule has 0 fully saturated rings. The van der Waals surface area contributed by atoms with Crippen LogP contribution in [0.25, 0.3) is 0 Å². The SMILES string of the molecule is Cc1ccc(CC(NN)c2cc(Cl)cc(Br)c2)cc1C. The van der Waals surface area contributed by atoms with Gasteiger partial charge in [0, 0.05) is 9.50 Å². The molecular formula is C16H18BrClN2. The molecular weight excluding hydrogens is 336 g/mol. The standard InChI is InChI=1S/C16H18BrClN2/c1-10-3-4-12(5-11(10)2)6-16(20-19)13-7-14(17)9-15(18)8-13/h3-5,7-9,16,20H,6,19H2,1-2H3. The molecule has 0 aliphatic carbocycles. The molecule has 0 aliphatic heterocycles. The van der Waals surface area contributed by atoms with Crippen LogP contribution < -0.4 is 11.3 Å². The van der Waals surface area contributed by atoms with E-state index in [2.05, 4.69) is 53.4 Å². The van der Waals surface area contributed by atoms with E-state index >= 15 is 0 Å². The fourth-order valence-corrected chi connectivity index (χ4v) is 3.10. The summed E-state index contributed by atoms with van der Waals surface area (Å²) in [5.41, 5.74) is 7.81. The van der Waals surface area contributed by atoms with Crippen LogP contribution in [-0.2, 0) is 6.42 Å². The Bertz CT molecular complexity index is 593. The molecule has 20 heavy (non-hydrogen) atoms. The fourth-order valence-electron chi connectivity index (χ4n) is 2.22. The number of aryl methyl sites for hydroxylation is 2. The van der Waals surface area contributed by atoms with Gasteiger partial charge in [-0.05, 0) is 60.7 Å². The first-order valence-corrected chi connectivity index (χ1v) is 7.65. The maximum Gasteiger partial charge on any atom is 0.0501 e. The Morgan fingerprint density at radius 3 is 2.50 bits per heavy atom. The van der Waals surface area contributed by atoms with E-state index in [0.29, 0.717) is 5.02 Å². The molecule has 0 radical (unpaired) electrons. The number of hydrazine groups is 1. The number of hydrogen-bond donors (Lipinski definition) is 2. The van der Waals surface area contributed by atoms with Crippen LogP contribution in [0.2, 0.25) is 5.02 Å². The fraction of sp³-hybridized carbons (Fsp3) is 0.250. The van der Waals surface area contributed by atoms with Gasteiger partial charge < -0.3 is 0 Å². The predicted octanol–water partition coefficient (Wildman–Crippen LogP) is 4.47. The molecule has 2 rings (SSSR count). The van der Waals surface area contributed by atoms with E-state index in [0.717, 1.165) is 16.5 Å². The van der Waals surface area contributed by atoms with E-state index in [1.807, 2.05) is 18.2 Å². The van der Waals surface area contributed by atoms with Crippen molar-refractivity contribution in [3.05, 3.63) is 68.1 Å². The van der Waals surface area contributed by atoms with E-state index in [1.54, 1.807) is 0 Å². The molecule has 0 aliphatic rings. The zero-order chi connectivity index (χ0) is 14.7. The summed E-state index contributed by atoms with van der Waals surface area (Å²) in [4.78, 5) is 0. The first-order valence-electron chi connectivity index (χ1n) is 6.48. The monoisotopic (exact) mass is 352 g/mol. The smallest absolute Gasteiger partial charge is 0.0501 e. The first kappa shape index (κ1) is 15.5. The van der Waals surface area contributed by atoms with Gasteiger partial charge in [-0.25, -0.2) is 0 Å². The average Bonchev–Trinajstić information content (AvgIpc) is 2.38. The molecule has 0 heterocycles. The van der Waals surface area contributed by atoms with E-state index in [1.165, 1.54) is 16.7 Å². The normalized spacial score (nSPS) is 12.4. The molecule has 1 atom stereocenters. The van der Waals surface area contributed by atoms with Crippen molar-refractivity contribution in [2.24, 2.45) is 5.84 Å². The van der Waals surface area contributed by atoms with Crippen molar-refractivity contribution >= 4 is 27.5 Å². The van der Waals surface area contributed by atoms with E-state index < -0.39 is 0 Å². The third-order valence-corrected chi connectivity index (χ3v) is 4.18. The van der Waals surface area contributed by atoms with Gasteiger partial charge in [-0.3, -0.25) is 11.3 Å². The summed E-state index contributed by atoms with van der Waals surface area (Å²) < 4.78 is 0.959. The lowest BCUT2D eigenvalue weighted by Gasteiger charge is -2.18. The van der Waals surface area contributed by atoms with Gasteiger partial charge in [0.1, 0.15) is 0 Å². The Hall–Kier alpha value is -0.870. The summed E-state index contributed by atoms with van der Waals surface area (Å²) in [6.07, 6.45) is 0.824. The third-order valence-electron chi connectivity index (χ3n) is 3.50. The maximum absolute atomic E-state index is 6.10. The van der Waals surface area contributed by atoms with Crippen LogP contribution in [0, 0.1) is 13.8 Å². The van der Waals surface area contributed by atoms with Crippen molar-refractivity contribution in [3.63, 3.8) is 0 Å². The highest BCUT2D eigenvalue weighted by Crippen LogP contribution is 2.26. The van der Waals surface area contributed by atoms with Crippen molar-refractivity contribution in [3.8, 4) is 0 Å². The summed E-state index contributed by atoms with van der Waals surface area (Å²) in [6.45, 7) is 4.24. The predicted molar refractivity (Wildman–Crippen MR) is 88.8 cm³/mol. The maximum atomic E-state index is 6.10. The molecule has 0 spiro atoms. The molecule has 2 aromatic carbocycles. The Labute approximate surface area is 133 Å². The van der Waals surface area contributed by atoms with Gasteiger partial charge in [-0.15, -0.1) is 0 Å². The van der Waals surface area contributed by atoms with E-state index in [-0.39, 0.29) is 6.04 Å². The number of hydrogen-bond acceptors (Lipinski definition) is 2. The molecule has 106 valence electrons. The lowest BCUT2D eigenvalue weighted by atomic mass is 9.97. The summed E-state index contributed by atoms with van der Waals surface area (Å²) in [6, 6.07) is 12.4. The molecule has 0 bridgehead atoms. The number of rotatable bonds is 4. The van der Waals surface area contributed by atoms with Gasteiger partial charge in [0.2, 0.25) is 0 Å². The van der Waals surface area contributed by atoms with Crippen molar-refractivity contribution in [1.82, 2.24) is 5.43 Å². The van der Waals surface area contributed by atoms with Crippen LogP contribution in [0.4, 0.5) is 0 Å². The zero-order valence-electron chi connectivity index (χ0n) is 11.6. The molecule has 0 saturated carbocycles. The molecule has 3 N–H and O–H groups in total. The average molecular weight is 354 g/mol. The van der Waals surface area contributed by atoms with Gasteiger partial charge in [-0.2, -0.15) is 0 Å². The lowest BCUT2D eigenvalue weighted by molar-refractivity contribution is 0.551. The van der Waals surface area contributed by atoms with Crippen LogP contribution in [-0.4, -0.2) is 0 Å². The summed E-state index contributed by atoms with van der Waals surface area (Å²) in [7, 11) is 0. The second-order valence-electron chi connectivity index (χ2n) is 5.04. The number of benzene rings is 2. The molecule has 2 aromatic rings. The topological polar surface area (TPSA) is 38.0 Å². The summed E-state index contributed by atoms with van der Waals surface area (Å²) in [5, 5.41) is 0.703. The summed E-state index contributed by atoms with van der Waals surface area (Å²) >= 11 is 9.57. The van der Waals surface area contributed by atoms with Crippen LogP contribution >= 0.6 is 27.5 Å². The van der Waals surface area contributed by atoms with Gasteiger partial charge in [0.05, 0.1) is 6.04 Å². The highest BCUT2D eigenvalue weighted by Gasteiger charge is 2.12. The van der Waals surface area contributed by atoms with Crippen LogP contribution in [0.5, 0.6) is 0 Å². The van der Waals surface area contributed by atoms with Crippen molar-refractivity contribution in [2.75, 3.05) is 0 Å². The minimum Gasteiger partial charge on any atom is -0.271 e. The largest absolute Gasteiger partial charge is 0.271 e. The Kier molecular flexibility index (Phi) is 5.22. The zero-order valence-corrected chi connectivity index (χ0v) is 13.9. The van der Waals surface area contributed by atoms with Gasteiger partial charge in [-0.1, -0.05) is 45.7 Å². The quantitative estimate of drug-likeness (QED) is 0.629. The van der Waals surface area contributed by atoms with Gasteiger partial charge in [0.15, 0.2) is 0 Å².